The second-order valence-electron chi connectivity index (χ2n) is 27.9. The molecule has 0 atom stereocenters. The minimum Gasteiger partial charge on any atom is -0.454 e. The fourth-order valence-electron chi connectivity index (χ4n) is 13.6. The van der Waals surface area contributed by atoms with Crippen LogP contribution in [0.1, 0.15) is 105 Å². The van der Waals surface area contributed by atoms with Crippen LogP contribution >= 0.6 is 0 Å². The lowest BCUT2D eigenvalue weighted by atomic mass is 9.33. The monoisotopic (exact) mass is 1080 g/mol. The van der Waals surface area contributed by atoms with E-state index in [0.717, 1.165) is 55.2 Å². The molecule has 0 aliphatic carbocycles. The molecule has 2 aliphatic rings. The molecule has 0 unspecified atom stereocenters. The fourth-order valence-corrected chi connectivity index (χ4v) is 13.6. The van der Waals surface area contributed by atoms with Gasteiger partial charge in [-0.2, -0.15) is 0 Å². The molecule has 0 saturated carbocycles. The van der Waals surface area contributed by atoms with Gasteiger partial charge >= 0.3 is 0 Å². The van der Waals surface area contributed by atoms with Gasteiger partial charge in [0.15, 0.2) is 5.58 Å². The van der Waals surface area contributed by atoms with E-state index in [4.69, 9.17) is 4.42 Å². The van der Waals surface area contributed by atoms with Gasteiger partial charge in [-0.3, -0.25) is 0 Å². The van der Waals surface area contributed by atoms with Crippen molar-refractivity contribution >= 4 is 123 Å². The summed E-state index contributed by atoms with van der Waals surface area (Å²) in [4.78, 5) is 5.30. The van der Waals surface area contributed by atoms with Crippen LogP contribution in [0.5, 0.6) is 0 Å². The molecule has 4 heterocycles. The van der Waals surface area contributed by atoms with Crippen molar-refractivity contribution in [3.63, 3.8) is 0 Å². The van der Waals surface area contributed by atoms with Crippen LogP contribution in [-0.4, -0.2) is 11.3 Å². The van der Waals surface area contributed by atoms with E-state index < -0.39 is 0 Å². The van der Waals surface area contributed by atoms with Crippen molar-refractivity contribution in [2.45, 2.75) is 105 Å². The third kappa shape index (κ3) is 8.09. The highest BCUT2D eigenvalue weighted by Crippen LogP contribution is 2.51. The molecule has 0 fully saturated rings. The molecule has 11 aromatic carbocycles. The van der Waals surface area contributed by atoms with E-state index in [0.29, 0.717) is 0 Å². The van der Waals surface area contributed by atoms with Gasteiger partial charge in [0.2, 0.25) is 0 Å². The van der Waals surface area contributed by atoms with E-state index in [-0.39, 0.29) is 28.4 Å². The van der Waals surface area contributed by atoms with Crippen molar-refractivity contribution in [3.8, 4) is 16.8 Å². The number of furan rings is 1. The molecule has 4 nitrogen and oxygen atoms in total. The molecule has 2 aliphatic heterocycles. The van der Waals surface area contributed by atoms with Crippen molar-refractivity contribution in [1.29, 1.82) is 0 Å². The molecule has 15 rings (SSSR count). The summed E-state index contributed by atoms with van der Waals surface area (Å²) >= 11 is 0. The Morgan fingerprint density at radius 1 is 0.337 bits per heavy atom. The van der Waals surface area contributed by atoms with E-state index in [1.54, 1.807) is 0 Å². The first-order valence-electron chi connectivity index (χ1n) is 29.8. The zero-order valence-corrected chi connectivity index (χ0v) is 50.0. The molecular formula is C78H70BN3O. The number of para-hydroxylation sites is 2. The van der Waals surface area contributed by atoms with Crippen molar-refractivity contribution in [2.24, 2.45) is 0 Å². The van der Waals surface area contributed by atoms with Crippen LogP contribution in [0, 0.1) is 0 Å². The molecule has 13 aromatic rings. The normalized spacial score (nSPS) is 13.7. The molecule has 0 spiro atoms. The van der Waals surface area contributed by atoms with Crippen molar-refractivity contribution < 1.29 is 4.42 Å². The number of aromatic nitrogens is 1. The molecule has 0 bridgehead atoms. The fraction of sp³-hybridized carbons (Fsp3) is 0.205. The average Bonchev–Trinajstić information content (AvgIpc) is 3.32. The summed E-state index contributed by atoms with van der Waals surface area (Å²) in [6.07, 6.45) is 0. The van der Waals surface area contributed by atoms with Gasteiger partial charge in [-0.05, 0) is 178 Å². The number of rotatable bonds is 4. The Morgan fingerprint density at radius 2 is 0.795 bits per heavy atom. The highest BCUT2D eigenvalue weighted by atomic mass is 16.3. The first-order chi connectivity index (χ1) is 39.7. The Hall–Kier alpha value is -8.80. The third-order valence-corrected chi connectivity index (χ3v) is 18.2. The number of anilines is 6. The molecule has 83 heavy (non-hydrogen) atoms. The van der Waals surface area contributed by atoms with Gasteiger partial charge in [0.1, 0.15) is 5.58 Å². The van der Waals surface area contributed by atoms with E-state index in [9.17, 15) is 0 Å². The Kier molecular flexibility index (Phi) is 11.0. The minimum atomic E-state index is -0.107. The lowest BCUT2D eigenvalue weighted by Gasteiger charge is -2.45. The maximum atomic E-state index is 6.89. The van der Waals surface area contributed by atoms with E-state index in [1.165, 1.54) is 99.7 Å². The maximum absolute atomic E-state index is 6.89. The highest BCUT2D eigenvalue weighted by molar-refractivity contribution is 7.00. The Labute approximate surface area is 488 Å². The predicted molar refractivity (Wildman–Crippen MR) is 357 cm³/mol. The molecule has 0 amide bonds. The van der Waals surface area contributed by atoms with Crippen LogP contribution in [-0.2, 0) is 21.7 Å². The van der Waals surface area contributed by atoms with Gasteiger partial charge in [0, 0.05) is 61.4 Å². The van der Waals surface area contributed by atoms with Crippen LogP contribution in [0.25, 0.3) is 82.1 Å². The van der Waals surface area contributed by atoms with Gasteiger partial charge in [0.05, 0.1) is 11.0 Å². The molecule has 0 radical (unpaired) electrons. The van der Waals surface area contributed by atoms with Crippen LogP contribution < -0.4 is 26.2 Å². The van der Waals surface area contributed by atoms with E-state index in [2.05, 4.69) is 304 Å². The summed E-state index contributed by atoms with van der Waals surface area (Å²) in [5, 5.41) is 9.51. The predicted octanol–water partition coefficient (Wildman–Crippen LogP) is 19.9. The van der Waals surface area contributed by atoms with Crippen LogP contribution in [0.3, 0.4) is 0 Å². The summed E-state index contributed by atoms with van der Waals surface area (Å²) in [6, 6.07) is 78.8. The zero-order valence-electron chi connectivity index (χ0n) is 50.0. The Bertz CT molecular complexity index is 4600. The molecule has 5 heteroatoms. The molecular weight excluding hydrogens is 1010 g/mol. The average molecular weight is 1080 g/mol. The largest absolute Gasteiger partial charge is 0.454 e. The smallest absolute Gasteiger partial charge is 0.252 e. The van der Waals surface area contributed by atoms with Crippen molar-refractivity contribution in [3.05, 3.63) is 229 Å². The third-order valence-electron chi connectivity index (χ3n) is 18.2. The van der Waals surface area contributed by atoms with Gasteiger partial charge < -0.3 is 18.8 Å². The van der Waals surface area contributed by atoms with Crippen molar-refractivity contribution in [2.75, 3.05) is 9.80 Å². The summed E-state index contributed by atoms with van der Waals surface area (Å²) < 4.78 is 9.30. The summed E-state index contributed by atoms with van der Waals surface area (Å²) in [5.74, 6) is 0. The standard InChI is InChI=1S/C78H70BN3O/c1-75(2,3)53-41-54(76(4,5)6)44-58(43-53)80-67-37-49-24-18-16-22-47(49)35-64(67)79-65-36-48-23-17-19-25-50(48)38-68(65)81(59-45-55(77(7,8)9)42-56(46-59)78(10,11)12)70-40-52(39-69(80)72(70)79)51-30-33-66-63(34-51)61-31-32-62-60-28-20-21-29-71(60)83-74(62)73(61)82(66)57-26-14-13-15-27-57/h13-46H,1-12H3. The second kappa shape index (κ2) is 17.9. The number of hydrogen-bond donors (Lipinski definition) is 0. The maximum Gasteiger partial charge on any atom is 0.252 e. The second-order valence-corrected chi connectivity index (χ2v) is 27.9. The summed E-state index contributed by atoms with van der Waals surface area (Å²) in [5.41, 5.74) is 23.3. The van der Waals surface area contributed by atoms with Crippen LogP contribution in [0.2, 0.25) is 0 Å². The van der Waals surface area contributed by atoms with Gasteiger partial charge in [-0.15, -0.1) is 0 Å². The van der Waals surface area contributed by atoms with Gasteiger partial charge in [-0.1, -0.05) is 204 Å². The number of nitrogens with zero attached hydrogens (tertiary/aromatic N) is 3. The zero-order chi connectivity index (χ0) is 57.2. The number of benzene rings is 11. The van der Waals surface area contributed by atoms with Crippen LogP contribution in [0.15, 0.2) is 211 Å². The molecule has 406 valence electrons. The van der Waals surface area contributed by atoms with E-state index in [1.807, 2.05) is 0 Å². The summed E-state index contributed by atoms with van der Waals surface area (Å²) in [7, 11) is 0. The quantitative estimate of drug-likeness (QED) is 0.164. The SMILES string of the molecule is CC(C)(C)c1cc(N2c3cc4ccccc4cc3B3c4cc5ccccc5cc4N(c4cc(C(C)(C)C)cc(C(C)(C)C)c4)c4cc(-c5ccc6c(c5)c5ccc7c8ccccc8oc7c5n6-c5ccccc5)cc2c43)cc(C(C)(C)C)c1. The number of fused-ring (bicyclic) bond motifs is 13. The van der Waals surface area contributed by atoms with Crippen LogP contribution in [0.4, 0.5) is 34.1 Å². The molecule has 0 saturated heterocycles. The lowest BCUT2D eigenvalue weighted by Crippen LogP contribution is -2.61. The Balaban J connectivity index is 1.10. The van der Waals surface area contributed by atoms with Gasteiger partial charge in [0.25, 0.3) is 6.71 Å². The van der Waals surface area contributed by atoms with Gasteiger partial charge in [-0.25, -0.2) is 0 Å². The first kappa shape index (κ1) is 51.1. The topological polar surface area (TPSA) is 24.6 Å². The molecule has 2 aromatic heterocycles. The van der Waals surface area contributed by atoms with E-state index >= 15 is 0 Å². The Morgan fingerprint density at radius 3 is 1.30 bits per heavy atom. The molecule has 0 N–H and O–H groups in total. The summed E-state index contributed by atoms with van der Waals surface area (Å²) in [6.45, 7) is 28.2. The number of hydrogen-bond acceptors (Lipinski definition) is 3. The highest BCUT2D eigenvalue weighted by Gasteiger charge is 2.45. The van der Waals surface area contributed by atoms with Crippen molar-refractivity contribution in [1.82, 2.24) is 4.57 Å². The lowest BCUT2D eigenvalue weighted by molar-refractivity contribution is 0.568. The minimum absolute atomic E-state index is 0.0842. The first-order valence-corrected chi connectivity index (χ1v) is 29.8.